The Bertz CT molecular complexity index is 620. The van der Waals surface area contributed by atoms with Gasteiger partial charge >= 0.3 is 5.97 Å². The molecule has 1 atom stereocenters. The Morgan fingerprint density at radius 2 is 2.14 bits per heavy atom. The van der Waals surface area contributed by atoms with Gasteiger partial charge in [-0.1, -0.05) is 13.8 Å². The normalized spacial score (nSPS) is 12.3. The van der Waals surface area contributed by atoms with Crippen molar-refractivity contribution in [2.45, 2.75) is 26.3 Å². The molecule has 0 saturated heterocycles. The summed E-state index contributed by atoms with van der Waals surface area (Å²) in [5.41, 5.74) is 1.33. The van der Waals surface area contributed by atoms with Gasteiger partial charge in [0.1, 0.15) is 10.7 Å². The summed E-state index contributed by atoms with van der Waals surface area (Å²) in [5, 5.41) is 18.0. The van der Waals surface area contributed by atoms with Gasteiger partial charge in [-0.25, -0.2) is 4.98 Å². The minimum atomic E-state index is -0.925. The van der Waals surface area contributed by atoms with Crippen LogP contribution < -0.4 is 5.32 Å². The fourth-order valence-electron chi connectivity index (χ4n) is 1.78. The molecule has 112 valence electrons. The van der Waals surface area contributed by atoms with E-state index < -0.39 is 12.0 Å². The first kappa shape index (κ1) is 15.7. The maximum atomic E-state index is 12.2. The van der Waals surface area contributed by atoms with Gasteiger partial charge in [0, 0.05) is 22.4 Å². The summed E-state index contributed by atoms with van der Waals surface area (Å²) < 4.78 is 0. The maximum Gasteiger partial charge on any atom is 0.305 e. The van der Waals surface area contributed by atoms with Crippen molar-refractivity contribution in [2.75, 3.05) is 0 Å². The number of carbonyl (C=O) groups is 2. The summed E-state index contributed by atoms with van der Waals surface area (Å²) in [4.78, 5) is 27.3. The van der Waals surface area contributed by atoms with Crippen LogP contribution >= 0.6 is 22.7 Å². The molecule has 0 spiro atoms. The van der Waals surface area contributed by atoms with E-state index in [9.17, 15) is 9.59 Å². The second-order valence-electron chi connectivity index (χ2n) is 4.97. The van der Waals surface area contributed by atoms with E-state index in [1.54, 1.807) is 16.7 Å². The van der Waals surface area contributed by atoms with Crippen LogP contribution in [0.15, 0.2) is 22.2 Å². The largest absolute Gasteiger partial charge is 0.481 e. The lowest BCUT2D eigenvalue weighted by Crippen LogP contribution is -2.40. The average Bonchev–Trinajstić information content (AvgIpc) is 3.08. The second-order valence-corrected chi connectivity index (χ2v) is 6.61. The van der Waals surface area contributed by atoms with Crippen LogP contribution in [0.4, 0.5) is 0 Å². The molecule has 0 aliphatic rings. The molecule has 7 heteroatoms. The molecular weight excluding hydrogens is 308 g/mol. The highest BCUT2D eigenvalue weighted by Gasteiger charge is 2.21. The number of thiophene rings is 1. The van der Waals surface area contributed by atoms with Crippen LogP contribution in [0.25, 0.3) is 10.6 Å². The lowest BCUT2D eigenvalue weighted by Gasteiger charge is -2.19. The van der Waals surface area contributed by atoms with Crippen LogP contribution in [0.5, 0.6) is 0 Å². The predicted octanol–water partition coefficient (Wildman–Crippen LogP) is 3.10. The Hall–Kier alpha value is -1.73. The van der Waals surface area contributed by atoms with E-state index in [1.165, 1.54) is 11.3 Å². The SMILES string of the molecule is CC(C)C(CC(=O)O)NC(=O)c1csc(-c2ccsc2)n1. The van der Waals surface area contributed by atoms with Crippen molar-refractivity contribution in [3.05, 3.63) is 27.9 Å². The number of aromatic nitrogens is 1. The molecule has 2 aromatic rings. The zero-order valence-corrected chi connectivity index (χ0v) is 13.3. The van der Waals surface area contributed by atoms with E-state index in [0.717, 1.165) is 10.6 Å². The third-order valence-corrected chi connectivity index (χ3v) is 4.60. The van der Waals surface area contributed by atoms with E-state index in [0.29, 0.717) is 5.69 Å². The highest BCUT2D eigenvalue weighted by Crippen LogP contribution is 2.25. The second kappa shape index (κ2) is 6.82. The van der Waals surface area contributed by atoms with Gasteiger partial charge < -0.3 is 10.4 Å². The fraction of sp³-hybridized carbons (Fsp3) is 0.357. The van der Waals surface area contributed by atoms with Gasteiger partial charge in [-0.15, -0.1) is 11.3 Å². The number of hydrogen-bond donors (Lipinski definition) is 2. The number of nitrogens with one attached hydrogen (secondary N) is 1. The van der Waals surface area contributed by atoms with Gasteiger partial charge in [0.2, 0.25) is 0 Å². The van der Waals surface area contributed by atoms with E-state index in [2.05, 4.69) is 10.3 Å². The van der Waals surface area contributed by atoms with Gasteiger partial charge in [0.15, 0.2) is 0 Å². The maximum absolute atomic E-state index is 12.2. The first-order valence-corrected chi connectivity index (χ1v) is 8.30. The highest BCUT2D eigenvalue weighted by atomic mass is 32.1. The molecule has 2 aromatic heterocycles. The Morgan fingerprint density at radius 3 is 2.71 bits per heavy atom. The molecule has 0 fully saturated rings. The van der Waals surface area contributed by atoms with Crippen LogP contribution in [0.1, 0.15) is 30.8 Å². The van der Waals surface area contributed by atoms with E-state index in [4.69, 9.17) is 5.11 Å². The van der Waals surface area contributed by atoms with E-state index in [1.807, 2.05) is 30.7 Å². The minimum Gasteiger partial charge on any atom is -0.481 e. The number of carbonyl (C=O) groups excluding carboxylic acids is 1. The highest BCUT2D eigenvalue weighted by molar-refractivity contribution is 7.14. The van der Waals surface area contributed by atoms with Crippen molar-refractivity contribution in [2.24, 2.45) is 5.92 Å². The molecule has 2 N–H and O–H groups in total. The minimum absolute atomic E-state index is 0.0417. The molecule has 2 rings (SSSR count). The van der Waals surface area contributed by atoms with Crippen LogP contribution in [-0.2, 0) is 4.79 Å². The van der Waals surface area contributed by atoms with Gasteiger partial charge in [-0.2, -0.15) is 11.3 Å². The predicted molar refractivity (Wildman–Crippen MR) is 83.8 cm³/mol. The molecular formula is C14H16N2O3S2. The third kappa shape index (κ3) is 4.12. The van der Waals surface area contributed by atoms with Crippen LogP contribution in [0.2, 0.25) is 0 Å². The first-order chi connectivity index (χ1) is 9.97. The van der Waals surface area contributed by atoms with Crippen molar-refractivity contribution < 1.29 is 14.7 Å². The number of thiazole rings is 1. The van der Waals surface area contributed by atoms with Crippen LogP contribution in [-0.4, -0.2) is 28.0 Å². The van der Waals surface area contributed by atoms with Crippen molar-refractivity contribution in [3.63, 3.8) is 0 Å². The zero-order valence-electron chi connectivity index (χ0n) is 11.7. The summed E-state index contributed by atoms with van der Waals surface area (Å²) in [6.45, 7) is 3.76. The smallest absolute Gasteiger partial charge is 0.305 e. The quantitative estimate of drug-likeness (QED) is 0.856. The van der Waals surface area contributed by atoms with Gasteiger partial charge in [-0.05, 0) is 17.4 Å². The number of rotatable bonds is 6. The Kier molecular flexibility index (Phi) is 5.08. The molecule has 5 nitrogen and oxygen atoms in total. The van der Waals surface area contributed by atoms with Gasteiger partial charge in [0.25, 0.3) is 5.91 Å². The molecule has 0 radical (unpaired) electrons. The molecule has 21 heavy (non-hydrogen) atoms. The van der Waals surface area contributed by atoms with E-state index in [-0.39, 0.29) is 18.2 Å². The molecule has 1 amide bonds. The summed E-state index contributed by atoms with van der Waals surface area (Å²) in [6, 6.07) is 1.55. The summed E-state index contributed by atoms with van der Waals surface area (Å²) in [5.74, 6) is -1.21. The molecule has 0 aliphatic carbocycles. The summed E-state index contributed by atoms with van der Waals surface area (Å²) >= 11 is 2.98. The van der Waals surface area contributed by atoms with E-state index >= 15 is 0 Å². The molecule has 0 bridgehead atoms. The molecule has 0 aromatic carbocycles. The first-order valence-electron chi connectivity index (χ1n) is 6.48. The lowest BCUT2D eigenvalue weighted by atomic mass is 10.0. The standard InChI is InChI=1S/C14H16N2O3S2/c1-8(2)10(5-12(17)18)15-13(19)11-7-21-14(16-11)9-3-4-20-6-9/h3-4,6-8,10H,5H2,1-2H3,(H,15,19)(H,17,18). The number of carboxylic acid groups (broad SMARTS) is 1. The zero-order chi connectivity index (χ0) is 15.4. The topological polar surface area (TPSA) is 79.3 Å². The van der Waals surface area contributed by atoms with Gasteiger partial charge in [0.05, 0.1) is 6.42 Å². The monoisotopic (exact) mass is 324 g/mol. The molecule has 2 heterocycles. The van der Waals surface area contributed by atoms with Crippen LogP contribution in [0, 0.1) is 5.92 Å². The van der Waals surface area contributed by atoms with Crippen molar-refractivity contribution in [3.8, 4) is 10.6 Å². The van der Waals surface area contributed by atoms with Crippen molar-refractivity contribution >= 4 is 34.6 Å². The van der Waals surface area contributed by atoms with Crippen LogP contribution in [0.3, 0.4) is 0 Å². The Labute approximate surface area is 130 Å². The van der Waals surface area contributed by atoms with Gasteiger partial charge in [-0.3, -0.25) is 9.59 Å². The number of amides is 1. The number of carboxylic acids is 1. The molecule has 1 unspecified atom stereocenters. The Morgan fingerprint density at radius 1 is 1.38 bits per heavy atom. The number of aliphatic carboxylic acids is 1. The fourth-order valence-corrected chi connectivity index (χ4v) is 3.29. The molecule has 0 aliphatic heterocycles. The van der Waals surface area contributed by atoms with Crippen molar-refractivity contribution in [1.29, 1.82) is 0 Å². The number of nitrogens with zero attached hydrogens (tertiary/aromatic N) is 1. The Balaban J connectivity index is 2.07. The summed E-state index contributed by atoms with van der Waals surface area (Å²) in [7, 11) is 0. The summed E-state index contributed by atoms with van der Waals surface area (Å²) in [6.07, 6.45) is -0.0923. The average molecular weight is 324 g/mol. The lowest BCUT2D eigenvalue weighted by molar-refractivity contribution is -0.137. The van der Waals surface area contributed by atoms with Crippen molar-refractivity contribution in [1.82, 2.24) is 10.3 Å². The molecule has 0 saturated carbocycles. The third-order valence-electron chi connectivity index (χ3n) is 3.02. The number of hydrogen-bond acceptors (Lipinski definition) is 5.